The van der Waals surface area contributed by atoms with E-state index in [1.165, 1.54) is 11.3 Å². The number of halogens is 1. The van der Waals surface area contributed by atoms with Crippen molar-refractivity contribution in [1.29, 1.82) is 0 Å². The number of thiophene rings is 1. The number of anilines is 1. The SMILES string of the molecule is Cc1ccc2c(N)c(C(=O)c3ccc(Cl)cc3)sc2[nH+]1. The second-order valence-corrected chi connectivity index (χ2v) is 6.02. The van der Waals surface area contributed by atoms with Crippen LogP contribution in [0.2, 0.25) is 5.02 Å². The van der Waals surface area contributed by atoms with Gasteiger partial charge in [0.1, 0.15) is 4.88 Å². The molecule has 0 saturated heterocycles. The third-order valence-corrected chi connectivity index (χ3v) is 4.49. The Labute approximate surface area is 125 Å². The van der Waals surface area contributed by atoms with Crippen molar-refractivity contribution in [2.24, 2.45) is 0 Å². The number of aryl methyl sites for hydroxylation is 1. The number of benzene rings is 1. The number of nitrogens with one attached hydrogen (secondary N) is 1. The first-order valence-electron chi connectivity index (χ1n) is 6.07. The van der Waals surface area contributed by atoms with Crippen molar-refractivity contribution in [2.75, 3.05) is 5.73 Å². The third-order valence-electron chi connectivity index (χ3n) is 3.11. The standard InChI is InChI=1S/C15H11ClN2OS/c1-8-2-7-11-12(17)14(20-15(11)18-8)13(19)9-3-5-10(16)6-4-9/h2-7H,17H2,1H3/p+1. The lowest BCUT2D eigenvalue weighted by Gasteiger charge is -1.99. The van der Waals surface area contributed by atoms with Crippen LogP contribution >= 0.6 is 22.9 Å². The van der Waals surface area contributed by atoms with Crippen LogP contribution in [0.15, 0.2) is 36.4 Å². The van der Waals surface area contributed by atoms with Gasteiger partial charge < -0.3 is 5.73 Å². The minimum atomic E-state index is -0.0774. The molecule has 3 N–H and O–H groups in total. The van der Waals surface area contributed by atoms with E-state index in [0.717, 1.165) is 15.9 Å². The fraction of sp³-hybridized carbons (Fsp3) is 0.0667. The minimum absolute atomic E-state index is 0.0774. The summed E-state index contributed by atoms with van der Waals surface area (Å²) in [6.45, 7) is 1.97. The van der Waals surface area contributed by atoms with Gasteiger partial charge in [-0.05, 0) is 30.3 Å². The molecule has 5 heteroatoms. The zero-order valence-corrected chi connectivity index (χ0v) is 12.3. The summed E-state index contributed by atoms with van der Waals surface area (Å²) in [6, 6.07) is 10.7. The highest BCUT2D eigenvalue weighted by molar-refractivity contribution is 7.21. The van der Waals surface area contributed by atoms with E-state index in [9.17, 15) is 4.79 Å². The van der Waals surface area contributed by atoms with Crippen LogP contribution in [-0.4, -0.2) is 5.78 Å². The number of pyridine rings is 1. The Bertz CT molecular complexity index is 809. The van der Waals surface area contributed by atoms with Crippen molar-refractivity contribution >= 4 is 44.6 Å². The Morgan fingerprint density at radius 1 is 1.20 bits per heavy atom. The smallest absolute Gasteiger partial charge is 0.270 e. The average molecular weight is 304 g/mol. The molecule has 0 amide bonds. The highest BCUT2D eigenvalue weighted by Gasteiger charge is 2.21. The number of hydrogen-bond donors (Lipinski definition) is 1. The molecule has 0 unspecified atom stereocenters. The number of hydrogen-bond acceptors (Lipinski definition) is 3. The second kappa shape index (κ2) is 4.89. The second-order valence-electron chi connectivity index (χ2n) is 4.57. The van der Waals surface area contributed by atoms with Gasteiger partial charge >= 0.3 is 0 Å². The number of carbonyl (C=O) groups is 1. The summed E-state index contributed by atoms with van der Waals surface area (Å²) in [5, 5.41) is 1.49. The van der Waals surface area contributed by atoms with E-state index in [4.69, 9.17) is 17.3 Å². The number of nitrogens with two attached hydrogens (primary N) is 1. The van der Waals surface area contributed by atoms with E-state index in [1.807, 2.05) is 19.1 Å². The Kier molecular flexibility index (Phi) is 3.20. The topological polar surface area (TPSA) is 57.2 Å². The molecule has 2 heterocycles. The van der Waals surface area contributed by atoms with Crippen LogP contribution in [0.3, 0.4) is 0 Å². The van der Waals surface area contributed by atoms with Crippen LogP contribution in [0.25, 0.3) is 10.2 Å². The molecule has 3 rings (SSSR count). The van der Waals surface area contributed by atoms with Gasteiger partial charge in [0.25, 0.3) is 4.83 Å². The van der Waals surface area contributed by atoms with Gasteiger partial charge in [-0.1, -0.05) is 22.9 Å². The quantitative estimate of drug-likeness (QED) is 0.737. The molecular weight excluding hydrogens is 292 g/mol. The molecule has 0 aliphatic carbocycles. The summed E-state index contributed by atoms with van der Waals surface area (Å²) in [5.74, 6) is -0.0774. The predicted octanol–water partition coefficient (Wildman–Crippen LogP) is 3.49. The summed E-state index contributed by atoms with van der Waals surface area (Å²) in [7, 11) is 0. The Hall–Kier alpha value is -1.91. The zero-order chi connectivity index (χ0) is 14.3. The molecule has 0 fully saturated rings. The molecule has 1 aromatic carbocycles. The van der Waals surface area contributed by atoms with E-state index in [0.29, 0.717) is 21.2 Å². The third kappa shape index (κ3) is 2.17. The van der Waals surface area contributed by atoms with Gasteiger partial charge in [-0.3, -0.25) is 4.79 Å². The maximum absolute atomic E-state index is 12.5. The van der Waals surface area contributed by atoms with Gasteiger partial charge in [-0.15, -0.1) is 0 Å². The van der Waals surface area contributed by atoms with Gasteiger partial charge in [0.2, 0.25) is 5.78 Å². The highest BCUT2D eigenvalue weighted by atomic mass is 35.5. The molecule has 2 aromatic heterocycles. The van der Waals surface area contributed by atoms with Crippen molar-refractivity contribution in [3.63, 3.8) is 0 Å². The van der Waals surface area contributed by atoms with Crippen LogP contribution in [0.4, 0.5) is 5.69 Å². The Morgan fingerprint density at radius 3 is 2.60 bits per heavy atom. The van der Waals surface area contributed by atoms with E-state index in [2.05, 4.69) is 4.98 Å². The molecule has 3 nitrogen and oxygen atoms in total. The van der Waals surface area contributed by atoms with E-state index >= 15 is 0 Å². The lowest BCUT2D eigenvalue weighted by atomic mass is 10.1. The lowest BCUT2D eigenvalue weighted by molar-refractivity contribution is -0.351. The van der Waals surface area contributed by atoms with Crippen molar-refractivity contribution in [3.05, 3.63) is 57.6 Å². The maximum Gasteiger partial charge on any atom is 0.270 e. The fourth-order valence-corrected chi connectivity index (χ4v) is 3.31. The molecule has 100 valence electrons. The molecule has 0 atom stereocenters. The van der Waals surface area contributed by atoms with E-state index < -0.39 is 0 Å². The molecule has 0 saturated carbocycles. The molecule has 3 aromatic rings. The maximum atomic E-state index is 12.5. The molecule has 0 bridgehead atoms. The summed E-state index contributed by atoms with van der Waals surface area (Å²) in [4.78, 5) is 17.2. The highest BCUT2D eigenvalue weighted by Crippen LogP contribution is 2.32. The van der Waals surface area contributed by atoms with Crippen molar-refractivity contribution in [2.45, 2.75) is 6.92 Å². The summed E-state index contributed by atoms with van der Waals surface area (Å²) in [6.07, 6.45) is 0. The van der Waals surface area contributed by atoms with Gasteiger partial charge in [0.05, 0.1) is 11.1 Å². The number of H-pyrrole nitrogens is 1. The summed E-state index contributed by atoms with van der Waals surface area (Å²) in [5.41, 5.74) is 8.25. The Morgan fingerprint density at radius 2 is 1.90 bits per heavy atom. The van der Waals surface area contributed by atoms with E-state index in [-0.39, 0.29) is 5.78 Å². The molecule has 0 radical (unpaired) electrons. The first-order chi connectivity index (χ1) is 9.56. The fourth-order valence-electron chi connectivity index (χ4n) is 2.05. The van der Waals surface area contributed by atoms with Crippen LogP contribution in [0.1, 0.15) is 20.9 Å². The number of ketones is 1. The van der Waals surface area contributed by atoms with Crippen LogP contribution < -0.4 is 10.7 Å². The molecule has 0 aliphatic heterocycles. The number of fused-ring (bicyclic) bond motifs is 1. The molecule has 0 spiro atoms. The van der Waals surface area contributed by atoms with Crippen LogP contribution in [0.5, 0.6) is 0 Å². The number of aromatic nitrogens is 1. The first kappa shape index (κ1) is 13.1. The van der Waals surface area contributed by atoms with Gasteiger partial charge in [0, 0.05) is 23.6 Å². The average Bonchev–Trinajstić information content (AvgIpc) is 2.75. The number of rotatable bonds is 2. The number of carbonyl (C=O) groups excluding carboxylic acids is 1. The van der Waals surface area contributed by atoms with Gasteiger partial charge in [-0.2, -0.15) is 4.98 Å². The van der Waals surface area contributed by atoms with Crippen LogP contribution in [0, 0.1) is 6.92 Å². The van der Waals surface area contributed by atoms with Crippen molar-refractivity contribution < 1.29 is 9.78 Å². The van der Waals surface area contributed by atoms with Crippen LogP contribution in [-0.2, 0) is 0 Å². The molecule has 20 heavy (non-hydrogen) atoms. The number of aromatic amines is 1. The minimum Gasteiger partial charge on any atom is -0.397 e. The van der Waals surface area contributed by atoms with Crippen molar-refractivity contribution in [1.82, 2.24) is 0 Å². The zero-order valence-electron chi connectivity index (χ0n) is 10.7. The van der Waals surface area contributed by atoms with E-state index in [1.54, 1.807) is 24.3 Å². The lowest BCUT2D eigenvalue weighted by Crippen LogP contribution is -2.05. The first-order valence-corrected chi connectivity index (χ1v) is 7.27. The monoisotopic (exact) mass is 303 g/mol. The number of nitrogen functional groups attached to an aromatic ring is 1. The molecular formula is C15H12ClN2OS+. The van der Waals surface area contributed by atoms with Gasteiger partial charge in [0.15, 0.2) is 5.69 Å². The largest absolute Gasteiger partial charge is 0.397 e. The van der Waals surface area contributed by atoms with Crippen molar-refractivity contribution in [3.8, 4) is 0 Å². The summed E-state index contributed by atoms with van der Waals surface area (Å²) < 4.78 is 0. The summed E-state index contributed by atoms with van der Waals surface area (Å²) >= 11 is 7.22. The normalized spacial score (nSPS) is 10.9. The van der Waals surface area contributed by atoms with Gasteiger partial charge in [-0.25, -0.2) is 0 Å². The Balaban J connectivity index is 2.12. The molecule has 0 aliphatic rings. The predicted molar refractivity (Wildman–Crippen MR) is 82.4 cm³/mol.